The number of carbonyl (C=O) groups is 1. The van der Waals surface area contributed by atoms with Crippen LogP contribution in [0.15, 0.2) is 10.7 Å². The SMILES string of the molecule is Cn1cc(C#N)c(NC(=O)CCc2nc(C3CCCC3)no2)n1. The fourth-order valence-corrected chi connectivity index (χ4v) is 2.80. The van der Waals surface area contributed by atoms with Crippen molar-refractivity contribution in [1.82, 2.24) is 19.9 Å². The van der Waals surface area contributed by atoms with E-state index in [0.717, 1.165) is 18.7 Å². The minimum absolute atomic E-state index is 0.202. The third kappa shape index (κ3) is 3.56. The highest BCUT2D eigenvalue weighted by atomic mass is 16.5. The summed E-state index contributed by atoms with van der Waals surface area (Å²) < 4.78 is 6.70. The van der Waals surface area contributed by atoms with Crippen molar-refractivity contribution in [3.63, 3.8) is 0 Å². The van der Waals surface area contributed by atoms with Crippen LogP contribution in [0.25, 0.3) is 0 Å². The van der Waals surface area contributed by atoms with Gasteiger partial charge >= 0.3 is 0 Å². The highest BCUT2D eigenvalue weighted by Crippen LogP contribution is 2.32. The molecule has 3 rings (SSSR count). The second kappa shape index (κ2) is 6.60. The first kappa shape index (κ1) is 15.2. The van der Waals surface area contributed by atoms with Gasteiger partial charge in [-0.25, -0.2) is 0 Å². The van der Waals surface area contributed by atoms with Crippen LogP contribution in [0, 0.1) is 11.3 Å². The summed E-state index contributed by atoms with van der Waals surface area (Å²) in [6, 6.07) is 1.99. The Kier molecular flexibility index (Phi) is 4.37. The number of hydrogen-bond donors (Lipinski definition) is 1. The number of rotatable bonds is 5. The zero-order chi connectivity index (χ0) is 16.2. The lowest BCUT2D eigenvalue weighted by Gasteiger charge is -2.01. The third-order valence-electron chi connectivity index (χ3n) is 3.98. The first-order valence-corrected chi connectivity index (χ1v) is 7.72. The predicted molar refractivity (Wildman–Crippen MR) is 80.4 cm³/mol. The lowest BCUT2D eigenvalue weighted by atomic mass is 10.1. The maximum atomic E-state index is 12.0. The minimum atomic E-state index is -0.235. The van der Waals surface area contributed by atoms with E-state index >= 15 is 0 Å². The van der Waals surface area contributed by atoms with Crippen LogP contribution in [0.1, 0.15) is 55.3 Å². The molecule has 1 N–H and O–H groups in total. The van der Waals surface area contributed by atoms with Gasteiger partial charge in [-0.3, -0.25) is 9.48 Å². The molecule has 1 fully saturated rings. The van der Waals surface area contributed by atoms with E-state index in [4.69, 9.17) is 9.78 Å². The summed E-state index contributed by atoms with van der Waals surface area (Å²) in [5.41, 5.74) is 0.335. The average Bonchev–Trinajstić information content (AvgIpc) is 3.25. The van der Waals surface area contributed by atoms with Crippen molar-refractivity contribution in [2.24, 2.45) is 7.05 Å². The van der Waals surface area contributed by atoms with Crippen LogP contribution in [0.2, 0.25) is 0 Å². The van der Waals surface area contributed by atoms with Gasteiger partial charge in [0.25, 0.3) is 0 Å². The molecule has 0 atom stereocenters. The number of aromatic nitrogens is 4. The van der Waals surface area contributed by atoms with Crippen molar-refractivity contribution in [1.29, 1.82) is 5.26 Å². The molecule has 0 saturated heterocycles. The Balaban J connectivity index is 1.53. The third-order valence-corrected chi connectivity index (χ3v) is 3.98. The average molecular weight is 314 g/mol. The maximum absolute atomic E-state index is 12.0. The smallest absolute Gasteiger partial charge is 0.227 e. The Labute approximate surface area is 133 Å². The molecule has 1 aliphatic rings. The van der Waals surface area contributed by atoms with Gasteiger partial charge in [-0.05, 0) is 12.8 Å². The van der Waals surface area contributed by atoms with Gasteiger partial charge in [0, 0.05) is 32.0 Å². The number of carbonyl (C=O) groups excluding carboxylic acids is 1. The van der Waals surface area contributed by atoms with Crippen molar-refractivity contribution < 1.29 is 9.32 Å². The lowest BCUT2D eigenvalue weighted by molar-refractivity contribution is -0.116. The number of amides is 1. The molecular formula is C15H18N6O2. The molecule has 0 unspecified atom stereocenters. The van der Waals surface area contributed by atoms with Crippen LogP contribution < -0.4 is 5.32 Å². The second-order valence-electron chi connectivity index (χ2n) is 5.75. The van der Waals surface area contributed by atoms with Gasteiger partial charge in [0.2, 0.25) is 11.8 Å². The molecule has 2 heterocycles. The Bertz CT molecular complexity index is 735. The van der Waals surface area contributed by atoms with Crippen molar-refractivity contribution in [2.75, 3.05) is 5.32 Å². The Hall–Kier alpha value is -2.69. The van der Waals surface area contributed by atoms with E-state index in [1.54, 1.807) is 13.2 Å². The van der Waals surface area contributed by atoms with Gasteiger partial charge in [0.1, 0.15) is 11.6 Å². The number of nitrogens with zero attached hydrogens (tertiary/aromatic N) is 5. The van der Waals surface area contributed by atoms with Crippen molar-refractivity contribution >= 4 is 11.7 Å². The van der Waals surface area contributed by atoms with Crippen LogP contribution in [0.5, 0.6) is 0 Å². The minimum Gasteiger partial charge on any atom is -0.339 e. The van der Waals surface area contributed by atoms with Crippen LogP contribution in [-0.4, -0.2) is 25.8 Å². The molecule has 0 spiro atoms. The van der Waals surface area contributed by atoms with Gasteiger partial charge < -0.3 is 9.84 Å². The number of aryl methyl sites for hydroxylation is 2. The van der Waals surface area contributed by atoms with Crippen molar-refractivity contribution in [3.05, 3.63) is 23.5 Å². The largest absolute Gasteiger partial charge is 0.339 e. The zero-order valence-corrected chi connectivity index (χ0v) is 12.9. The fourth-order valence-electron chi connectivity index (χ4n) is 2.80. The maximum Gasteiger partial charge on any atom is 0.227 e. The molecule has 0 bridgehead atoms. The number of nitriles is 1. The van der Waals surface area contributed by atoms with E-state index in [9.17, 15) is 4.79 Å². The highest BCUT2D eigenvalue weighted by molar-refractivity contribution is 5.90. The quantitative estimate of drug-likeness (QED) is 0.902. The molecule has 2 aromatic rings. The normalized spacial score (nSPS) is 14.8. The molecule has 1 saturated carbocycles. The molecule has 1 aliphatic carbocycles. The van der Waals surface area contributed by atoms with Crippen LogP contribution in [-0.2, 0) is 18.3 Å². The fraction of sp³-hybridized carbons (Fsp3) is 0.533. The second-order valence-corrected chi connectivity index (χ2v) is 5.75. The van der Waals surface area contributed by atoms with Gasteiger partial charge in [-0.15, -0.1) is 0 Å². The molecule has 2 aromatic heterocycles. The zero-order valence-electron chi connectivity index (χ0n) is 12.9. The summed E-state index contributed by atoms with van der Waals surface area (Å²) >= 11 is 0. The molecule has 1 amide bonds. The van der Waals surface area contributed by atoms with E-state index in [2.05, 4.69) is 20.6 Å². The summed E-state index contributed by atoms with van der Waals surface area (Å²) in [7, 11) is 1.69. The summed E-state index contributed by atoms with van der Waals surface area (Å²) in [6.45, 7) is 0. The first-order chi connectivity index (χ1) is 11.2. The standard InChI is InChI=1S/C15H18N6O2/c1-21-9-11(8-16)14(19-21)17-12(22)6-7-13-18-15(20-23-13)10-4-2-3-5-10/h9-10H,2-7H2,1H3,(H,17,19,22). The highest BCUT2D eigenvalue weighted by Gasteiger charge is 2.22. The summed E-state index contributed by atoms with van der Waals surface area (Å²) in [6.07, 6.45) is 6.77. The Morgan fingerprint density at radius 3 is 3.04 bits per heavy atom. The van der Waals surface area contributed by atoms with E-state index in [0.29, 0.717) is 23.8 Å². The Morgan fingerprint density at radius 1 is 1.52 bits per heavy atom. The molecule has 0 aliphatic heterocycles. The molecule has 8 nitrogen and oxygen atoms in total. The molecule has 23 heavy (non-hydrogen) atoms. The predicted octanol–water partition coefficient (Wildman–Crippen LogP) is 1.90. The molecular weight excluding hydrogens is 296 g/mol. The number of hydrogen-bond acceptors (Lipinski definition) is 6. The summed E-state index contributed by atoms with van der Waals surface area (Å²) in [5.74, 6) is 1.67. The molecule has 0 aromatic carbocycles. The van der Waals surface area contributed by atoms with Gasteiger partial charge in [-0.1, -0.05) is 18.0 Å². The Morgan fingerprint density at radius 2 is 2.30 bits per heavy atom. The van der Waals surface area contributed by atoms with E-state index in [1.807, 2.05) is 6.07 Å². The summed E-state index contributed by atoms with van der Waals surface area (Å²) in [5, 5.41) is 19.7. The van der Waals surface area contributed by atoms with Crippen LogP contribution in [0.4, 0.5) is 5.82 Å². The summed E-state index contributed by atoms with van der Waals surface area (Å²) in [4.78, 5) is 16.3. The monoisotopic (exact) mass is 314 g/mol. The first-order valence-electron chi connectivity index (χ1n) is 7.72. The number of anilines is 1. The van der Waals surface area contributed by atoms with Gasteiger partial charge in [0.15, 0.2) is 11.6 Å². The molecule has 8 heteroatoms. The van der Waals surface area contributed by atoms with E-state index < -0.39 is 0 Å². The van der Waals surface area contributed by atoms with E-state index in [-0.39, 0.29) is 18.1 Å². The topological polar surface area (TPSA) is 110 Å². The van der Waals surface area contributed by atoms with Crippen LogP contribution >= 0.6 is 0 Å². The van der Waals surface area contributed by atoms with Crippen molar-refractivity contribution in [3.8, 4) is 6.07 Å². The molecule has 120 valence electrons. The van der Waals surface area contributed by atoms with Gasteiger partial charge in [-0.2, -0.15) is 15.3 Å². The van der Waals surface area contributed by atoms with Gasteiger partial charge in [0.05, 0.1) is 0 Å². The molecule has 0 radical (unpaired) electrons. The van der Waals surface area contributed by atoms with E-state index in [1.165, 1.54) is 17.5 Å². The van der Waals surface area contributed by atoms with Crippen LogP contribution in [0.3, 0.4) is 0 Å². The lowest BCUT2D eigenvalue weighted by Crippen LogP contribution is -2.13. The number of nitrogens with one attached hydrogen (secondary N) is 1. The van der Waals surface area contributed by atoms with Crippen molar-refractivity contribution in [2.45, 2.75) is 44.4 Å².